The van der Waals surface area contributed by atoms with Crippen LogP contribution in [0.25, 0.3) is 0 Å². The van der Waals surface area contributed by atoms with Crippen LogP contribution in [0.2, 0.25) is 0 Å². The molecule has 1 aromatic carbocycles. The van der Waals surface area contributed by atoms with E-state index in [0.29, 0.717) is 6.54 Å². The van der Waals surface area contributed by atoms with E-state index in [0.717, 1.165) is 6.26 Å². The first kappa shape index (κ1) is 15.5. The number of benzene rings is 1. The molecular formula is C14H17NO5S. The first-order valence-corrected chi connectivity index (χ1v) is 8.42. The number of rotatable bonds is 3. The highest BCUT2D eigenvalue weighted by Gasteiger charge is 2.38. The van der Waals surface area contributed by atoms with Gasteiger partial charge in [-0.1, -0.05) is 19.1 Å². The average Bonchev–Trinajstić information content (AvgIpc) is 2.79. The Morgan fingerprint density at radius 2 is 1.86 bits per heavy atom. The Hall–Kier alpha value is -1.89. The molecule has 6 nitrogen and oxygen atoms in total. The Kier molecular flexibility index (Phi) is 4.04. The van der Waals surface area contributed by atoms with Crippen molar-refractivity contribution in [3.63, 3.8) is 0 Å². The van der Waals surface area contributed by atoms with Gasteiger partial charge in [-0.25, -0.2) is 8.42 Å². The van der Waals surface area contributed by atoms with Gasteiger partial charge < -0.3 is 10.0 Å². The van der Waals surface area contributed by atoms with Crippen LogP contribution in [0.5, 0.6) is 0 Å². The lowest BCUT2D eigenvalue weighted by atomic mass is 9.99. The van der Waals surface area contributed by atoms with Crippen LogP contribution in [0.4, 0.5) is 0 Å². The predicted octanol–water partition coefficient (Wildman–Crippen LogP) is 0.883. The zero-order valence-corrected chi connectivity index (χ0v) is 12.6. The van der Waals surface area contributed by atoms with Gasteiger partial charge in [0.05, 0.1) is 16.4 Å². The smallest absolute Gasteiger partial charge is 0.308 e. The van der Waals surface area contributed by atoms with Crippen LogP contribution in [0.15, 0.2) is 29.2 Å². The van der Waals surface area contributed by atoms with Gasteiger partial charge in [0.15, 0.2) is 9.84 Å². The molecule has 1 heterocycles. The van der Waals surface area contributed by atoms with Crippen molar-refractivity contribution in [3.05, 3.63) is 29.8 Å². The number of sulfone groups is 1. The number of aliphatic carboxylic acids is 1. The molecule has 1 N–H and O–H groups in total. The summed E-state index contributed by atoms with van der Waals surface area (Å²) in [6.07, 6.45) is 1.05. The number of amides is 1. The van der Waals surface area contributed by atoms with Crippen molar-refractivity contribution in [1.82, 2.24) is 4.90 Å². The highest BCUT2D eigenvalue weighted by atomic mass is 32.2. The first-order valence-electron chi connectivity index (χ1n) is 6.53. The highest BCUT2D eigenvalue weighted by molar-refractivity contribution is 7.90. The van der Waals surface area contributed by atoms with Crippen LogP contribution in [0, 0.1) is 11.8 Å². The van der Waals surface area contributed by atoms with Crippen LogP contribution >= 0.6 is 0 Å². The average molecular weight is 311 g/mol. The third kappa shape index (κ3) is 3.07. The molecule has 1 aliphatic rings. The van der Waals surface area contributed by atoms with Crippen molar-refractivity contribution in [2.75, 3.05) is 19.3 Å². The van der Waals surface area contributed by atoms with Crippen molar-refractivity contribution < 1.29 is 23.1 Å². The zero-order chi connectivity index (χ0) is 15.8. The topological polar surface area (TPSA) is 91.8 Å². The fourth-order valence-corrected chi connectivity index (χ4v) is 3.47. The van der Waals surface area contributed by atoms with Gasteiger partial charge in [-0.2, -0.15) is 0 Å². The lowest BCUT2D eigenvalue weighted by molar-refractivity contribution is -0.142. The number of carboxylic acid groups (broad SMARTS) is 1. The molecular weight excluding hydrogens is 294 g/mol. The van der Waals surface area contributed by atoms with Gasteiger partial charge in [-0.3, -0.25) is 9.59 Å². The van der Waals surface area contributed by atoms with E-state index in [2.05, 4.69) is 0 Å². The standard InChI is InChI=1S/C14H17NO5S/c1-9-7-15(8-11(9)14(17)18)13(16)10-5-3-4-6-12(10)21(2,19)20/h3-6,9,11H,7-8H2,1-2H3,(H,17,18)/t9-,11-/m1/s1. The Bertz CT molecular complexity index is 682. The van der Waals surface area contributed by atoms with Gasteiger partial charge in [0, 0.05) is 19.3 Å². The van der Waals surface area contributed by atoms with E-state index in [-0.39, 0.29) is 22.9 Å². The first-order chi connectivity index (χ1) is 9.71. The maximum absolute atomic E-state index is 12.5. The van der Waals surface area contributed by atoms with Crippen molar-refractivity contribution in [3.8, 4) is 0 Å². The molecule has 0 spiro atoms. The van der Waals surface area contributed by atoms with Gasteiger partial charge >= 0.3 is 5.97 Å². The molecule has 0 aromatic heterocycles. The maximum Gasteiger partial charge on any atom is 0.308 e. The number of nitrogens with zero attached hydrogens (tertiary/aromatic N) is 1. The van der Waals surface area contributed by atoms with E-state index >= 15 is 0 Å². The summed E-state index contributed by atoms with van der Waals surface area (Å²) in [5.41, 5.74) is 0.0956. The predicted molar refractivity (Wildman–Crippen MR) is 75.7 cm³/mol. The SMILES string of the molecule is C[C@@H]1CN(C(=O)c2ccccc2S(C)(=O)=O)C[C@H]1C(=O)O. The van der Waals surface area contributed by atoms with E-state index in [1.807, 2.05) is 0 Å². The molecule has 0 unspecified atom stereocenters. The van der Waals surface area contributed by atoms with Gasteiger partial charge in [0.1, 0.15) is 0 Å². The lowest BCUT2D eigenvalue weighted by Crippen LogP contribution is -2.31. The minimum atomic E-state index is -3.52. The van der Waals surface area contributed by atoms with Crippen LogP contribution in [0.3, 0.4) is 0 Å². The molecule has 1 aliphatic heterocycles. The minimum Gasteiger partial charge on any atom is -0.481 e. The quantitative estimate of drug-likeness (QED) is 0.895. The molecule has 1 amide bonds. The number of hydrogen-bond donors (Lipinski definition) is 1. The zero-order valence-electron chi connectivity index (χ0n) is 11.8. The second kappa shape index (κ2) is 5.48. The number of carbonyl (C=O) groups excluding carboxylic acids is 1. The summed E-state index contributed by atoms with van der Waals surface area (Å²) in [4.78, 5) is 25.0. The van der Waals surface area contributed by atoms with Crippen LogP contribution in [-0.4, -0.2) is 49.6 Å². The lowest BCUT2D eigenvalue weighted by Gasteiger charge is -2.17. The molecule has 21 heavy (non-hydrogen) atoms. The highest BCUT2D eigenvalue weighted by Crippen LogP contribution is 2.26. The molecule has 0 bridgehead atoms. The third-order valence-electron chi connectivity index (χ3n) is 3.73. The number of carboxylic acids is 1. The fraction of sp³-hybridized carbons (Fsp3) is 0.429. The van der Waals surface area contributed by atoms with E-state index < -0.39 is 27.6 Å². The minimum absolute atomic E-state index is 0.0265. The van der Waals surface area contributed by atoms with Gasteiger partial charge in [0.25, 0.3) is 5.91 Å². The van der Waals surface area contributed by atoms with Gasteiger partial charge in [-0.05, 0) is 18.1 Å². The van der Waals surface area contributed by atoms with Crippen LogP contribution in [0.1, 0.15) is 17.3 Å². The largest absolute Gasteiger partial charge is 0.481 e. The second-order valence-corrected chi connectivity index (χ2v) is 7.38. The molecule has 0 saturated carbocycles. The summed E-state index contributed by atoms with van der Waals surface area (Å²) >= 11 is 0. The summed E-state index contributed by atoms with van der Waals surface area (Å²) in [5.74, 6) is -2.14. The van der Waals surface area contributed by atoms with E-state index in [9.17, 15) is 18.0 Å². The molecule has 0 radical (unpaired) electrons. The molecule has 1 aromatic rings. The summed E-state index contributed by atoms with van der Waals surface area (Å²) in [6, 6.07) is 5.99. The fourth-order valence-electron chi connectivity index (χ4n) is 2.59. The second-order valence-electron chi connectivity index (χ2n) is 5.40. The molecule has 2 rings (SSSR count). The van der Waals surface area contributed by atoms with Gasteiger partial charge in [-0.15, -0.1) is 0 Å². The summed E-state index contributed by atoms with van der Waals surface area (Å²) in [5, 5.41) is 9.10. The van der Waals surface area contributed by atoms with Crippen molar-refractivity contribution in [1.29, 1.82) is 0 Å². The van der Waals surface area contributed by atoms with E-state index in [1.165, 1.54) is 17.0 Å². The summed E-state index contributed by atoms with van der Waals surface area (Å²) < 4.78 is 23.5. The van der Waals surface area contributed by atoms with Crippen LogP contribution < -0.4 is 0 Å². The maximum atomic E-state index is 12.5. The van der Waals surface area contributed by atoms with Crippen LogP contribution in [-0.2, 0) is 14.6 Å². The number of hydrogen-bond acceptors (Lipinski definition) is 4. The number of likely N-dealkylation sites (tertiary alicyclic amines) is 1. The molecule has 2 atom stereocenters. The van der Waals surface area contributed by atoms with Crippen molar-refractivity contribution in [2.45, 2.75) is 11.8 Å². The van der Waals surface area contributed by atoms with Crippen molar-refractivity contribution >= 4 is 21.7 Å². The monoisotopic (exact) mass is 311 g/mol. The Morgan fingerprint density at radius 1 is 1.24 bits per heavy atom. The summed E-state index contributed by atoms with van der Waals surface area (Å²) in [6.45, 7) is 2.19. The molecule has 7 heteroatoms. The molecule has 1 saturated heterocycles. The van der Waals surface area contributed by atoms with E-state index in [1.54, 1.807) is 19.1 Å². The Labute approximate surface area is 123 Å². The normalized spacial score (nSPS) is 22.3. The van der Waals surface area contributed by atoms with Gasteiger partial charge in [0.2, 0.25) is 0 Å². The number of carbonyl (C=O) groups is 2. The van der Waals surface area contributed by atoms with E-state index in [4.69, 9.17) is 5.11 Å². The Morgan fingerprint density at radius 3 is 2.38 bits per heavy atom. The molecule has 1 fully saturated rings. The molecule has 0 aliphatic carbocycles. The Balaban J connectivity index is 2.33. The molecule has 114 valence electrons. The van der Waals surface area contributed by atoms with Crippen molar-refractivity contribution in [2.24, 2.45) is 11.8 Å². The summed E-state index contributed by atoms with van der Waals surface area (Å²) in [7, 11) is -3.52. The third-order valence-corrected chi connectivity index (χ3v) is 4.89.